The van der Waals surface area contributed by atoms with E-state index in [1.54, 1.807) is 0 Å². The fourth-order valence-electron chi connectivity index (χ4n) is 0.999. The summed E-state index contributed by atoms with van der Waals surface area (Å²) in [6.45, 7) is 6.34. The molecule has 0 fully saturated rings. The first-order valence-electron chi connectivity index (χ1n) is 5.13. The van der Waals surface area contributed by atoms with Crippen LogP contribution in [0.25, 0.3) is 0 Å². The Kier molecular flexibility index (Phi) is 8.40. The van der Waals surface area contributed by atoms with Crippen molar-refractivity contribution in [2.75, 3.05) is 6.61 Å². The molecule has 0 aromatic carbocycles. The fraction of sp³-hybridized carbons (Fsp3) is 1.00. The van der Waals surface area contributed by atoms with E-state index in [4.69, 9.17) is 9.47 Å². The minimum atomic E-state index is -0.988. The zero-order valence-electron chi connectivity index (χ0n) is 8.91. The first kappa shape index (κ1) is 12.9. The molecule has 3 heteroatoms. The van der Waals surface area contributed by atoms with Crippen LogP contribution in [0.2, 0.25) is 0 Å². The van der Waals surface area contributed by atoms with Gasteiger partial charge in [-0.2, -0.15) is 0 Å². The Morgan fingerprint density at radius 2 is 1.92 bits per heavy atom. The molecule has 0 aliphatic rings. The Balaban J connectivity index is 3.53. The second kappa shape index (κ2) is 8.48. The molecule has 2 unspecified atom stereocenters. The molecule has 2 atom stereocenters. The van der Waals surface area contributed by atoms with Gasteiger partial charge in [-0.15, -0.1) is 0 Å². The molecule has 0 aromatic heterocycles. The summed E-state index contributed by atoms with van der Waals surface area (Å²) in [5.74, 6) is 0. The Hall–Kier alpha value is -0.120. The third kappa shape index (κ3) is 8.22. The highest BCUT2D eigenvalue weighted by Crippen LogP contribution is 2.07. The van der Waals surface area contributed by atoms with E-state index in [0.717, 1.165) is 25.7 Å². The van der Waals surface area contributed by atoms with E-state index in [2.05, 4.69) is 13.8 Å². The molecule has 0 N–H and O–H groups in total. The highest BCUT2D eigenvalue weighted by atomic mass is 16.7. The van der Waals surface area contributed by atoms with Gasteiger partial charge in [-0.3, -0.25) is 0 Å². The predicted molar refractivity (Wildman–Crippen MR) is 50.8 cm³/mol. The number of hydrogen-bond donors (Lipinski definition) is 0. The predicted octanol–water partition coefficient (Wildman–Crippen LogP) is 2.72. The van der Waals surface area contributed by atoms with Gasteiger partial charge in [0.25, 0.3) is 0 Å². The topological polar surface area (TPSA) is 38.4 Å². The average molecular weight is 189 g/mol. The molecule has 0 amide bonds. The van der Waals surface area contributed by atoms with Gasteiger partial charge in [0, 0.05) is 6.61 Å². The number of rotatable bonds is 8. The van der Waals surface area contributed by atoms with Crippen LogP contribution >= 0.6 is 0 Å². The SMILES string of the molecule is CCCCOC(CCC)OC(C)[O]. The summed E-state index contributed by atoms with van der Waals surface area (Å²) >= 11 is 0. The fourth-order valence-corrected chi connectivity index (χ4v) is 0.999. The van der Waals surface area contributed by atoms with Crippen LogP contribution in [0.5, 0.6) is 0 Å². The van der Waals surface area contributed by atoms with Gasteiger partial charge in [0.15, 0.2) is 12.6 Å². The molecular formula is C10H21O3. The zero-order chi connectivity index (χ0) is 10.1. The molecule has 0 heterocycles. The largest absolute Gasteiger partial charge is 0.353 e. The minimum Gasteiger partial charge on any atom is -0.353 e. The summed E-state index contributed by atoms with van der Waals surface area (Å²) in [5, 5.41) is 10.7. The van der Waals surface area contributed by atoms with E-state index >= 15 is 0 Å². The summed E-state index contributed by atoms with van der Waals surface area (Å²) in [7, 11) is 0. The van der Waals surface area contributed by atoms with Crippen molar-refractivity contribution in [3.8, 4) is 0 Å². The highest BCUT2D eigenvalue weighted by Gasteiger charge is 2.11. The normalized spacial score (nSPS) is 15.7. The molecule has 1 radical (unpaired) electrons. The van der Waals surface area contributed by atoms with Crippen LogP contribution in [-0.2, 0) is 14.6 Å². The zero-order valence-corrected chi connectivity index (χ0v) is 8.91. The van der Waals surface area contributed by atoms with E-state index in [9.17, 15) is 5.11 Å². The third-order valence-corrected chi connectivity index (χ3v) is 1.67. The maximum Gasteiger partial charge on any atom is 0.191 e. The van der Waals surface area contributed by atoms with Crippen molar-refractivity contribution in [3.05, 3.63) is 0 Å². The lowest BCUT2D eigenvalue weighted by atomic mass is 10.3. The van der Waals surface area contributed by atoms with Crippen molar-refractivity contribution in [3.63, 3.8) is 0 Å². The molecule has 0 rings (SSSR count). The second-order valence-corrected chi connectivity index (χ2v) is 3.15. The van der Waals surface area contributed by atoms with Crippen LogP contribution in [0, 0.1) is 0 Å². The second-order valence-electron chi connectivity index (χ2n) is 3.15. The molecule has 79 valence electrons. The van der Waals surface area contributed by atoms with Gasteiger partial charge in [-0.1, -0.05) is 26.7 Å². The van der Waals surface area contributed by atoms with Gasteiger partial charge in [0.05, 0.1) is 0 Å². The third-order valence-electron chi connectivity index (χ3n) is 1.67. The molecule has 0 aliphatic carbocycles. The van der Waals surface area contributed by atoms with E-state index in [1.165, 1.54) is 6.92 Å². The van der Waals surface area contributed by atoms with Crippen LogP contribution in [0.15, 0.2) is 0 Å². The van der Waals surface area contributed by atoms with Crippen molar-refractivity contribution in [1.29, 1.82) is 0 Å². The summed E-state index contributed by atoms with van der Waals surface area (Å²) in [6.07, 6.45) is 2.62. The van der Waals surface area contributed by atoms with Crippen LogP contribution < -0.4 is 0 Å². The van der Waals surface area contributed by atoms with Crippen molar-refractivity contribution in [2.24, 2.45) is 0 Å². The summed E-state index contributed by atoms with van der Waals surface area (Å²) < 4.78 is 10.5. The maximum atomic E-state index is 10.7. The first-order valence-corrected chi connectivity index (χ1v) is 5.13. The Morgan fingerprint density at radius 1 is 1.23 bits per heavy atom. The lowest BCUT2D eigenvalue weighted by Crippen LogP contribution is -2.22. The van der Waals surface area contributed by atoms with Gasteiger partial charge in [0.2, 0.25) is 0 Å². The Bertz CT molecular complexity index is 104. The molecule has 3 nitrogen and oxygen atoms in total. The first-order chi connectivity index (χ1) is 6.20. The van der Waals surface area contributed by atoms with Crippen molar-refractivity contribution in [2.45, 2.75) is 59.0 Å². The van der Waals surface area contributed by atoms with E-state index in [-0.39, 0.29) is 6.29 Å². The Morgan fingerprint density at radius 3 is 2.38 bits per heavy atom. The van der Waals surface area contributed by atoms with E-state index < -0.39 is 6.29 Å². The van der Waals surface area contributed by atoms with Gasteiger partial charge >= 0.3 is 0 Å². The molecular weight excluding hydrogens is 168 g/mol. The van der Waals surface area contributed by atoms with Crippen molar-refractivity contribution in [1.82, 2.24) is 0 Å². The number of ether oxygens (including phenoxy) is 2. The summed E-state index contributed by atoms with van der Waals surface area (Å²) in [5.41, 5.74) is 0. The van der Waals surface area contributed by atoms with Crippen LogP contribution in [-0.4, -0.2) is 19.2 Å². The maximum absolute atomic E-state index is 10.7. The van der Waals surface area contributed by atoms with Crippen LogP contribution in [0.3, 0.4) is 0 Å². The smallest absolute Gasteiger partial charge is 0.191 e. The summed E-state index contributed by atoms with van der Waals surface area (Å²) in [6, 6.07) is 0. The van der Waals surface area contributed by atoms with Crippen molar-refractivity contribution >= 4 is 0 Å². The molecule has 0 saturated carbocycles. The van der Waals surface area contributed by atoms with Crippen LogP contribution in [0.4, 0.5) is 0 Å². The molecule has 0 saturated heterocycles. The number of unbranched alkanes of at least 4 members (excludes halogenated alkanes) is 1. The molecule has 0 spiro atoms. The quantitative estimate of drug-likeness (QED) is 0.435. The average Bonchev–Trinajstić information content (AvgIpc) is 2.04. The van der Waals surface area contributed by atoms with Crippen LogP contribution in [0.1, 0.15) is 46.5 Å². The molecule has 0 bridgehead atoms. The molecule has 0 aromatic rings. The molecule has 0 aliphatic heterocycles. The van der Waals surface area contributed by atoms with Gasteiger partial charge < -0.3 is 9.47 Å². The Labute approximate surface area is 81.0 Å². The van der Waals surface area contributed by atoms with Gasteiger partial charge in [-0.25, -0.2) is 5.11 Å². The van der Waals surface area contributed by atoms with Gasteiger partial charge in [-0.05, 0) is 19.8 Å². The van der Waals surface area contributed by atoms with E-state index in [0.29, 0.717) is 6.61 Å². The standard InChI is InChI=1S/C10H21O3/c1-4-6-8-12-10(7-5-2)13-9(3)11/h9-10H,4-8H2,1-3H3. The minimum absolute atomic E-state index is 0.302. The lowest BCUT2D eigenvalue weighted by molar-refractivity contribution is -0.242. The van der Waals surface area contributed by atoms with Crippen molar-refractivity contribution < 1.29 is 14.6 Å². The monoisotopic (exact) mass is 189 g/mol. The highest BCUT2D eigenvalue weighted by molar-refractivity contribution is 4.45. The molecule has 13 heavy (non-hydrogen) atoms. The van der Waals surface area contributed by atoms with Gasteiger partial charge in [0.1, 0.15) is 0 Å². The summed E-state index contributed by atoms with van der Waals surface area (Å²) in [4.78, 5) is 0. The number of hydrogen-bond acceptors (Lipinski definition) is 2. The van der Waals surface area contributed by atoms with E-state index in [1.807, 2.05) is 0 Å². The lowest BCUT2D eigenvalue weighted by Gasteiger charge is -2.18.